The fourth-order valence-electron chi connectivity index (χ4n) is 4.13. The lowest BCUT2D eigenvalue weighted by Crippen LogP contribution is -2.26. The minimum atomic E-state index is -0.513. The Kier molecular flexibility index (Phi) is 6.58. The minimum absolute atomic E-state index is 0.324. The highest BCUT2D eigenvalue weighted by Gasteiger charge is 2.26. The Hall–Kier alpha value is -3.87. The third kappa shape index (κ3) is 4.53. The lowest BCUT2D eigenvalue weighted by atomic mass is 9.86. The third-order valence-electron chi connectivity index (χ3n) is 5.74. The van der Waals surface area contributed by atoms with Crippen molar-refractivity contribution in [3.8, 4) is 11.5 Å². The number of fused-ring (bicyclic) bond motifs is 2. The van der Waals surface area contributed by atoms with Crippen molar-refractivity contribution in [2.45, 2.75) is 19.3 Å². The van der Waals surface area contributed by atoms with Crippen molar-refractivity contribution in [3.63, 3.8) is 0 Å². The molecule has 0 atom stereocenters. The van der Waals surface area contributed by atoms with E-state index in [4.69, 9.17) is 19.2 Å². The predicted molar refractivity (Wildman–Crippen MR) is 126 cm³/mol. The van der Waals surface area contributed by atoms with Crippen LogP contribution in [0.4, 0.5) is 0 Å². The number of amides is 1. The molecule has 3 aromatic rings. The van der Waals surface area contributed by atoms with Gasteiger partial charge in [-0.1, -0.05) is 24.3 Å². The summed E-state index contributed by atoms with van der Waals surface area (Å²) >= 11 is 0. The molecule has 33 heavy (non-hydrogen) atoms. The van der Waals surface area contributed by atoms with E-state index in [0.717, 1.165) is 40.6 Å². The van der Waals surface area contributed by atoms with E-state index < -0.39 is 5.97 Å². The SMILES string of the molecule is CNC(=O)COC(=O)c1c2c(nc3ccccc13)C(=Cc1ccc(OC)c(OC)c1)CCC2. The average molecular weight is 447 g/mol. The molecule has 1 amide bonds. The summed E-state index contributed by atoms with van der Waals surface area (Å²) in [5.41, 5.74) is 4.83. The smallest absolute Gasteiger partial charge is 0.339 e. The number of rotatable bonds is 6. The number of nitrogens with one attached hydrogen (secondary N) is 1. The molecule has 1 aromatic heterocycles. The van der Waals surface area contributed by atoms with Gasteiger partial charge in [0, 0.05) is 12.4 Å². The first-order valence-corrected chi connectivity index (χ1v) is 10.8. The fraction of sp³-hybridized carbons (Fsp3) is 0.269. The van der Waals surface area contributed by atoms with Crippen molar-refractivity contribution < 1.29 is 23.8 Å². The first-order chi connectivity index (χ1) is 16.0. The van der Waals surface area contributed by atoms with E-state index in [2.05, 4.69) is 11.4 Å². The number of likely N-dealkylation sites (N-methyl/N-ethyl adjacent to an activating group) is 1. The molecule has 1 aliphatic carbocycles. The van der Waals surface area contributed by atoms with Gasteiger partial charge < -0.3 is 19.5 Å². The molecule has 1 N–H and O–H groups in total. The monoisotopic (exact) mass is 446 g/mol. The summed E-state index contributed by atoms with van der Waals surface area (Å²) in [5.74, 6) is 0.437. The van der Waals surface area contributed by atoms with Gasteiger partial charge in [0.2, 0.25) is 0 Å². The lowest BCUT2D eigenvalue weighted by molar-refractivity contribution is -0.123. The van der Waals surface area contributed by atoms with Crippen molar-refractivity contribution in [3.05, 3.63) is 64.8 Å². The normalized spacial score (nSPS) is 14.0. The Morgan fingerprint density at radius 1 is 1.06 bits per heavy atom. The third-order valence-corrected chi connectivity index (χ3v) is 5.74. The van der Waals surface area contributed by atoms with Crippen LogP contribution in [0.15, 0.2) is 42.5 Å². The van der Waals surface area contributed by atoms with Crippen molar-refractivity contribution in [1.29, 1.82) is 0 Å². The summed E-state index contributed by atoms with van der Waals surface area (Å²) in [6.45, 7) is -0.324. The number of hydrogen-bond acceptors (Lipinski definition) is 6. The van der Waals surface area contributed by atoms with E-state index in [9.17, 15) is 9.59 Å². The van der Waals surface area contributed by atoms with Gasteiger partial charge in [-0.15, -0.1) is 0 Å². The molecule has 0 unspecified atom stereocenters. The molecule has 0 spiro atoms. The van der Waals surface area contributed by atoms with Gasteiger partial charge in [0.05, 0.1) is 31.0 Å². The maximum atomic E-state index is 13.1. The zero-order valence-electron chi connectivity index (χ0n) is 18.9. The Morgan fingerprint density at radius 3 is 2.61 bits per heavy atom. The van der Waals surface area contributed by atoms with E-state index in [1.807, 2.05) is 42.5 Å². The number of ether oxygens (including phenoxy) is 3. The minimum Gasteiger partial charge on any atom is -0.493 e. The van der Waals surface area contributed by atoms with Gasteiger partial charge >= 0.3 is 5.97 Å². The highest BCUT2D eigenvalue weighted by Crippen LogP contribution is 2.37. The van der Waals surface area contributed by atoms with Crippen molar-refractivity contribution in [1.82, 2.24) is 10.3 Å². The van der Waals surface area contributed by atoms with E-state index in [1.165, 1.54) is 7.05 Å². The van der Waals surface area contributed by atoms with E-state index >= 15 is 0 Å². The molecule has 0 radical (unpaired) electrons. The lowest BCUT2D eigenvalue weighted by Gasteiger charge is -2.22. The molecule has 1 heterocycles. The molecule has 2 aromatic carbocycles. The number of aromatic nitrogens is 1. The fourth-order valence-corrected chi connectivity index (χ4v) is 4.13. The molecule has 7 nitrogen and oxygen atoms in total. The number of carbonyl (C=O) groups excluding carboxylic acids is 2. The van der Waals surface area contributed by atoms with Gasteiger partial charge in [0.1, 0.15) is 0 Å². The number of esters is 1. The van der Waals surface area contributed by atoms with Gasteiger partial charge in [-0.05, 0) is 60.2 Å². The molecule has 0 aliphatic heterocycles. The number of benzene rings is 2. The van der Waals surface area contributed by atoms with Gasteiger partial charge in [-0.2, -0.15) is 0 Å². The van der Waals surface area contributed by atoms with Crippen LogP contribution in [-0.4, -0.2) is 44.7 Å². The molecule has 7 heteroatoms. The van der Waals surface area contributed by atoms with Crippen LogP contribution in [0.1, 0.15) is 40.0 Å². The first kappa shape index (κ1) is 22.3. The maximum Gasteiger partial charge on any atom is 0.339 e. The van der Waals surface area contributed by atoms with Crippen LogP contribution in [0.2, 0.25) is 0 Å². The zero-order valence-corrected chi connectivity index (χ0v) is 18.9. The van der Waals surface area contributed by atoms with Gasteiger partial charge in [0.15, 0.2) is 18.1 Å². The topological polar surface area (TPSA) is 86.8 Å². The summed E-state index contributed by atoms with van der Waals surface area (Å²) in [4.78, 5) is 29.6. The second-order valence-electron chi connectivity index (χ2n) is 7.72. The van der Waals surface area contributed by atoms with Crippen LogP contribution >= 0.6 is 0 Å². The summed E-state index contributed by atoms with van der Waals surface area (Å²) < 4.78 is 16.1. The molecule has 170 valence electrons. The summed E-state index contributed by atoms with van der Waals surface area (Å²) in [6.07, 6.45) is 4.49. The highest BCUT2D eigenvalue weighted by molar-refractivity contribution is 6.07. The van der Waals surface area contributed by atoms with E-state index in [0.29, 0.717) is 29.0 Å². The van der Waals surface area contributed by atoms with Crippen molar-refractivity contribution >= 4 is 34.4 Å². The van der Waals surface area contributed by atoms with Crippen molar-refractivity contribution in [2.75, 3.05) is 27.9 Å². The van der Waals surface area contributed by atoms with Crippen molar-refractivity contribution in [2.24, 2.45) is 0 Å². The van der Waals surface area contributed by atoms with E-state index in [-0.39, 0.29) is 12.5 Å². The quantitative estimate of drug-likeness (QED) is 0.576. The summed E-state index contributed by atoms with van der Waals surface area (Å²) in [6, 6.07) is 13.3. The van der Waals surface area contributed by atoms with Crippen LogP contribution in [0.5, 0.6) is 11.5 Å². The Labute approximate surface area is 192 Å². The molecule has 0 saturated heterocycles. The van der Waals surface area contributed by atoms with E-state index in [1.54, 1.807) is 14.2 Å². The number of allylic oxidation sites excluding steroid dienone is 1. The van der Waals surface area contributed by atoms with Crippen LogP contribution in [-0.2, 0) is 16.0 Å². The zero-order chi connectivity index (χ0) is 23.4. The number of nitrogens with zero attached hydrogens (tertiary/aromatic N) is 1. The van der Waals surface area contributed by atoms with Crippen LogP contribution in [0.25, 0.3) is 22.6 Å². The Bertz CT molecular complexity index is 1250. The molecular formula is C26H26N2O5. The second kappa shape index (κ2) is 9.73. The first-order valence-electron chi connectivity index (χ1n) is 10.8. The van der Waals surface area contributed by atoms with Gasteiger partial charge in [0.25, 0.3) is 5.91 Å². The largest absolute Gasteiger partial charge is 0.493 e. The molecule has 0 fully saturated rings. The van der Waals surface area contributed by atoms with Crippen LogP contribution < -0.4 is 14.8 Å². The van der Waals surface area contributed by atoms with Crippen LogP contribution in [0, 0.1) is 0 Å². The number of hydrogen-bond donors (Lipinski definition) is 1. The standard InChI is InChI=1S/C26H26N2O5/c1-27-23(29)15-33-26(30)24-18-8-4-5-10-20(18)28-25-17(7-6-9-19(24)25)13-16-11-12-21(31-2)22(14-16)32-3/h4-5,8,10-14H,6-7,9,15H2,1-3H3,(H,27,29). The van der Waals surface area contributed by atoms with Gasteiger partial charge in [-0.25, -0.2) is 9.78 Å². The number of pyridine rings is 1. The second-order valence-corrected chi connectivity index (χ2v) is 7.72. The Morgan fingerprint density at radius 2 is 1.85 bits per heavy atom. The molecule has 0 bridgehead atoms. The summed E-state index contributed by atoms with van der Waals surface area (Å²) in [7, 11) is 4.72. The molecule has 0 saturated carbocycles. The summed E-state index contributed by atoms with van der Waals surface area (Å²) in [5, 5.41) is 3.19. The highest BCUT2D eigenvalue weighted by atomic mass is 16.5. The molecule has 4 rings (SSSR count). The van der Waals surface area contributed by atoms with Gasteiger partial charge in [-0.3, -0.25) is 4.79 Å². The maximum absolute atomic E-state index is 13.1. The predicted octanol–water partition coefficient (Wildman–Crippen LogP) is 4.03. The molecular weight excluding hydrogens is 420 g/mol. The number of methoxy groups -OCH3 is 2. The Balaban J connectivity index is 1.82. The van der Waals surface area contributed by atoms with Crippen LogP contribution in [0.3, 0.4) is 0 Å². The molecule has 1 aliphatic rings. The average Bonchev–Trinajstić information content (AvgIpc) is 2.85. The number of para-hydroxylation sites is 1. The number of carbonyl (C=O) groups is 2.